The van der Waals surface area contributed by atoms with Crippen molar-refractivity contribution >= 4 is 34.0 Å². The fourth-order valence-corrected chi connectivity index (χ4v) is 5.21. The molecule has 2 aliphatic rings. The van der Waals surface area contributed by atoms with Gasteiger partial charge in [0.15, 0.2) is 5.01 Å². The Morgan fingerprint density at radius 1 is 1.14 bits per heavy atom. The molecule has 3 aromatic rings. The van der Waals surface area contributed by atoms with Crippen LogP contribution in [0.15, 0.2) is 24.5 Å². The van der Waals surface area contributed by atoms with Crippen molar-refractivity contribution in [2.24, 2.45) is 5.73 Å². The molecular weight excluding hydrogens is 386 g/mol. The summed E-state index contributed by atoms with van der Waals surface area (Å²) < 4.78 is 0. The number of aryl methyl sites for hydroxylation is 1. The first kappa shape index (κ1) is 18.4. The Hall–Kier alpha value is -2.65. The van der Waals surface area contributed by atoms with E-state index in [-0.39, 0.29) is 24.2 Å². The molecule has 2 fully saturated rings. The van der Waals surface area contributed by atoms with Crippen molar-refractivity contribution in [2.45, 2.75) is 57.2 Å². The molecule has 0 radical (unpaired) electrons. The standard InChI is InChI=1S/C20H23N7OS/c1-11-25-26-19(29-11)17-5-12-6-18(23-10-13(12)9-22-17)24-20(28)27-15-3-2-4-16(27)8-14(21)7-15/h5-6,9-10,14-16H,2-4,7-8,21H2,1H3,(H,23,24,28)/t14-,15+,16?/m1/s1. The van der Waals surface area contributed by atoms with E-state index in [4.69, 9.17) is 5.73 Å². The average molecular weight is 410 g/mol. The number of pyridine rings is 2. The molecule has 0 aromatic carbocycles. The fourth-order valence-electron chi connectivity index (χ4n) is 4.55. The van der Waals surface area contributed by atoms with Gasteiger partial charge in [0.1, 0.15) is 16.5 Å². The molecule has 29 heavy (non-hydrogen) atoms. The van der Waals surface area contributed by atoms with Crippen LogP contribution in [0.3, 0.4) is 0 Å². The van der Waals surface area contributed by atoms with E-state index in [1.54, 1.807) is 12.4 Å². The number of amides is 2. The van der Waals surface area contributed by atoms with Gasteiger partial charge in [-0.3, -0.25) is 10.3 Å². The van der Waals surface area contributed by atoms with Crippen LogP contribution >= 0.6 is 11.3 Å². The molecule has 2 bridgehead atoms. The summed E-state index contributed by atoms with van der Waals surface area (Å²) in [6, 6.07) is 4.43. The number of carbonyl (C=O) groups is 1. The number of carbonyl (C=O) groups excluding carboxylic acids is 1. The molecule has 2 saturated heterocycles. The fraction of sp³-hybridized carbons (Fsp3) is 0.450. The number of hydrogen-bond acceptors (Lipinski definition) is 7. The van der Waals surface area contributed by atoms with E-state index in [1.807, 2.05) is 24.0 Å². The number of nitrogens with two attached hydrogens (primary N) is 1. The van der Waals surface area contributed by atoms with Crippen molar-refractivity contribution in [1.29, 1.82) is 0 Å². The van der Waals surface area contributed by atoms with Gasteiger partial charge in [-0.15, -0.1) is 10.2 Å². The van der Waals surface area contributed by atoms with Gasteiger partial charge in [-0.2, -0.15) is 0 Å². The van der Waals surface area contributed by atoms with Gasteiger partial charge in [0, 0.05) is 35.9 Å². The lowest BCUT2D eigenvalue weighted by molar-refractivity contribution is 0.0692. The van der Waals surface area contributed by atoms with Crippen molar-refractivity contribution in [2.75, 3.05) is 5.32 Å². The van der Waals surface area contributed by atoms with E-state index in [0.29, 0.717) is 5.82 Å². The Kier molecular flexibility index (Phi) is 4.63. The SMILES string of the molecule is Cc1nnc(-c2cc3cc(NC(=O)N4C5CCC[C@H]4C[C@@H](N)C5)ncc3cn2)s1. The third kappa shape index (κ3) is 3.56. The minimum atomic E-state index is -0.0764. The van der Waals surface area contributed by atoms with Gasteiger partial charge in [0.2, 0.25) is 0 Å². The first-order valence-electron chi connectivity index (χ1n) is 9.98. The summed E-state index contributed by atoms with van der Waals surface area (Å²) in [6.07, 6.45) is 8.49. The first-order chi connectivity index (χ1) is 14.1. The monoisotopic (exact) mass is 409 g/mol. The van der Waals surface area contributed by atoms with Gasteiger partial charge in [0.25, 0.3) is 0 Å². The summed E-state index contributed by atoms with van der Waals surface area (Å²) in [5.74, 6) is 0.543. The van der Waals surface area contributed by atoms with E-state index in [9.17, 15) is 4.79 Å². The van der Waals surface area contributed by atoms with Crippen LogP contribution in [0.1, 0.15) is 37.1 Å². The molecule has 3 N–H and O–H groups in total. The number of nitrogens with zero attached hydrogens (tertiary/aromatic N) is 5. The second-order valence-electron chi connectivity index (χ2n) is 7.92. The maximum atomic E-state index is 13.0. The normalized spacial score (nSPS) is 23.9. The molecule has 0 saturated carbocycles. The quantitative estimate of drug-likeness (QED) is 0.672. The lowest BCUT2D eigenvalue weighted by atomic mass is 9.82. The summed E-state index contributed by atoms with van der Waals surface area (Å²) in [4.78, 5) is 23.9. The van der Waals surface area contributed by atoms with Crippen LogP contribution in [-0.4, -0.2) is 49.2 Å². The van der Waals surface area contributed by atoms with Crippen molar-refractivity contribution < 1.29 is 4.79 Å². The minimum Gasteiger partial charge on any atom is -0.328 e. The lowest BCUT2D eigenvalue weighted by Crippen LogP contribution is -2.58. The van der Waals surface area contributed by atoms with Crippen LogP contribution in [0.2, 0.25) is 0 Å². The van der Waals surface area contributed by atoms with E-state index in [0.717, 1.165) is 52.2 Å². The molecule has 2 amide bonds. The number of aromatic nitrogens is 4. The topological polar surface area (TPSA) is 110 Å². The highest BCUT2D eigenvalue weighted by Gasteiger charge is 2.39. The Morgan fingerprint density at radius 3 is 2.62 bits per heavy atom. The number of piperidine rings is 2. The highest BCUT2D eigenvalue weighted by atomic mass is 32.1. The Balaban J connectivity index is 1.39. The van der Waals surface area contributed by atoms with E-state index in [2.05, 4.69) is 25.5 Å². The molecule has 5 rings (SSSR count). The van der Waals surface area contributed by atoms with Crippen molar-refractivity contribution in [1.82, 2.24) is 25.1 Å². The Bertz CT molecular complexity index is 1050. The molecule has 2 aliphatic heterocycles. The number of fused-ring (bicyclic) bond motifs is 3. The lowest BCUT2D eigenvalue weighted by Gasteiger charge is -2.47. The maximum absolute atomic E-state index is 13.0. The van der Waals surface area contributed by atoms with Crippen molar-refractivity contribution in [3.8, 4) is 10.7 Å². The Labute approximate surface area is 172 Å². The summed E-state index contributed by atoms with van der Waals surface area (Å²) in [6.45, 7) is 1.92. The van der Waals surface area contributed by atoms with Gasteiger partial charge in [0.05, 0.1) is 0 Å². The van der Waals surface area contributed by atoms with E-state index in [1.165, 1.54) is 17.8 Å². The second kappa shape index (κ2) is 7.31. The molecule has 8 nitrogen and oxygen atoms in total. The van der Waals surface area contributed by atoms with Gasteiger partial charge >= 0.3 is 6.03 Å². The van der Waals surface area contributed by atoms with Gasteiger partial charge < -0.3 is 10.6 Å². The smallest absolute Gasteiger partial charge is 0.323 e. The zero-order valence-electron chi connectivity index (χ0n) is 16.2. The van der Waals surface area contributed by atoms with Crippen molar-refractivity contribution in [3.05, 3.63) is 29.5 Å². The van der Waals surface area contributed by atoms with Crippen LogP contribution in [0.25, 0.3) is 21.5 Å². The number of anilines is 1. The number of nitrogens with one attached hydrogen (secondary N) is 1. The Morgan fingerprint density at radius 2 is 1.90 bits per heavy atom. The number of hydrogen-bond donors (Lipinski definition) is 2. The summed E-state index contributed by atoms with van der Waals surface area (Å²) >= 11 is 1.51. The number of rotatable bonds is 2. The van der Waals surface area contributed by atoms with Crippen LogP contribution in [0.4, 0.5) is 10.6 Å². The zero-order chi connectivity index (χ0) is 20.0. The van der Waals surface area contributed by atoms with Crippen molar-refractivity contribution in [3.63, 3.8) is 0 Å². The highest BCUT2D eigenvalue weighted by molar-refractivity contribution is 7.14. The predicted octanol–water partition coefficient (Wildman–Crippen LogP) is 3.33. The third-order valence-electron chi connectivity index (χ3n) is 5.83. The summed E-state index contributed by atoms with van der Waals surface area (Å²) in [5.41, 5.74) is 6.95. The molecule has 9 heteroatoms. The molecule has 0 spiro atoms. The zero-order valence-corrected chi connectivity index (χ0v) is 17.0. The highest BCUT2D eigenvalue weighted by Crippen LogP contribution is 2.34. The summed E-state index contributed by atoms with van der Waals surface area (Å²) in [7, 11) is 0. The van der Waals surface area contributed by atoms with Crippen LogP contribution < -0.4 is 11.1 Å². The summed E-state index contributed by atoms with van der Waals surface area (Å²) in [5, 5.41) is 14.8. The minimum absolute atomic E-state index is 0.0764. The molecule has 1 unspecified atom stereocenters. The molecule has 3 atom stereocenters. The second-order valence-corrected chi connectivity index (χ2v) is 9.10. The maximum Gasteiger partial charge on any atom is 0.323 e. The molecule has 0 aliphatic carbocycles. The van der Waals surface area contributed by atoms with E-state index < -0.39 is 0 Å². The van der Waals surface area contributed by atoms with E-state index >= 15 is 0 Å². The third-order valence-corrected chi connectivity index (χ3v) is 6.69. The molecule has 150 valence electrons. The molecular formula is C20H23N7OS. The predicted molar refractivity (Wildman–Crippen MR) is 113 cm³/mol. The molecule has 5 heterocycles. The van der Waals surface area contributed by atoms with Gasteiger partial charge in [-0.25, -0.2) is 9.78 Å². The molecule has 3 aromatic heterocycles. The van der Waals surface area contributed by atoms with Crippen LogP contribution in [0, 0.1) is 6.92 Å². The van der Waals surface area contributed by atoms with Crippen LogP contribution in [-0.2, 0) is 0 Å². The number of urea groups is 1. The van der Waals surface area contributed by atoms with Crippen LogP contribution in [0.5, 0.6) is 0 Å². The first-order valence-corrected chi connectivity index (χ1v) is 10.8. The van der Waals surface area contributed by atoms with Gasteiger partial charge in [-0.05, 0) is 56.5 Å². The van der Waals surface area contributed by atoms with Gasteiger partial charge in [-0.1, -0.05) is 11.3 Å². The average Bonchev–Trinajstić information content (AvgIpc) is 3.13. The largest absolute Gasteiger partial charge is 0.328 e.